The van der Waals surface area contributed by atoms with Gasteiger partial charge in [0.25, 0.3) is 0 Å². The van der Waals surface area contributed by atoms with Crippen molar-refractivity contribution in [3.63, 3.8) is 0 Å². The van der Waals surface area contributed by atoms with Gasteiger partial charge in [-0.2, -0.15) is 0 Å². The van der Waals surface area contributed by atoms with E-state index in [9.17, 15) is 0 Å². The number of fused-ring (bicyclic) bond motifs is 3. The van der Waals surface area contributed by atoms with Crippen LogP contribution in [-0.4, -0.2) is 7.11 Å². The zero-order valence-electron chi connectivity index (χ0n) is 9.41. The lowest BCUT2D eigenvalue weighted by Gasteiger charge is -2.07. The lowest BCUT2D eigenvalue weighted by atomic mass is 10.0. The fraction of sp³-hybridized carbons (Fsp3) is 0.0667. The van der Waals surface area contributed by atoms with Crippen LogP contribution in [-0.2, 0) is 0 Å². The molecule has 0 amide bonds. The molecule has 84 valence electrons. The van der Waals surface area contributed by atoms with Gasteiger partial charge in [-0.05, 0) is 34.4 Å². The largest absolute Gasteiger partial charge is 0.497 e. The molecule has 0 aliphatic carbocycles. The zero-order chi connectivity index (χ0) is 11.8. The smallest absolute Gasteiger partial charge is 0.119 e. The van der Waals surface area contributed by atoms with Crippen LogP contribution in [0.2, 0.25) is 5.02 Å². The highest BCUT2D eigenvalue weighted by atomic mass is 35.5. The molecular formula is C15H11ClO. The highest BCUT2D eigenvalue weighted by Crippen LogP contribution is 2.33. The van der Waals surface area contributed by atoms with Crippen LogP contribution in [0.4, 0.5) is 0 Å². The molecule has 0 fully saturated rings. The van der Waals surface area contributed by atoms with Crippen molar-refractivity contribution in [3.05, 3.63) is 53.6 Å². The van der Waals surface area contributed by atoms with Crippen molar-refractivity contribution < 1.29 is 4.74 Å². The van der Waals surface area contributed by atoms with Gasteiger partial charge in [0.1, 0.15) is 5.75 Å². The number of hydrogen-bond donors (Lipinski definition) is 0. The molecule has 0 heterocycles. The van der Waals surface area contributed by atoms with Gasteiger partial charge in [0.2, 0.25) is 0 Å². The van der Waals surface area contributed by atoms with E-state index >= 15 is 0 Å². The molecular weight excluding hydrogens is 232 g/mol. The fourth-order valence-corrected chi connectivity index (χ4v) is 2.44. The Hall–Kier alpha value is -1.73. The Balaban J connectivity index is 2.51. The summed E-state index contributed by atoms with van der Waals surface area (Å²) in [6, 6.07) is 16.2. The molecule has 3 aromatic rings. The van der Waals surface area contributed by atoms with Gasteiger partial charge in [0, 0.05) is 10.4 Å². The van der Waals surface area contributed by atoms with Crippen LogP contribution in [0.25, 0.3) is 21.5 Å². The normalized spacial score (nSPS) is 10.9. The number of ether oxygens (including phenoxy) is 1. The van der Waals surface area contributed by atoms with E-state index in [1.165, 1.54) is 5.39 Å². The molecule has 3 rings (SSSR count). The van der Waals surface area contributed by atoms with Gasteiger partial charge >= 0.3 is 0 Å². The second kappa shape index (κ2) is 3.94. The number of rotatable bonds is 1. The quantitative estimate of drug-likeness (QED) is 0.564. The topological polar surface area (TPSA) is 9.23 Å². The van der Waals surface area contributed by atoms with E-state index in [-0.39, 0.29) is 0 Å². The van der Waals surface area contributed by atoms with Gasteiger partial charge in [0.05, 0.1) is 7.11 Å². The first-order valence-electron chi connectivity index (χ1n) is 5.44. The van der Waals surface area contributed by atoms with Crippen molar-refractivity contribution >= 4 is 33.1 Å². The molecule has 0 aliphatic heterocycles. The van der Waals surface area contributed by atoms with E-state index in [4.69, 9.17) is 16.3 Å². The van der Waals surface area contributed by atoms with Crippen LogP contribution < -0.4 is 4.74 Å². The monoisotopic (exact) mass is 242 g/mol. The second-order valence-corrected chi connectivity index (χ2v) is 4.40. The molecule has 0 spiro atoms. The molecule has 0 bridgehead atoms. The summed E-state index contributed by atoms with van der Waals surface area (Å²) in [7, 11) is 1.68. The third-order valence-electron chi connectivity index (χ3n) is 3.02. The molecule has 0 unspecified atom stereocenters. The maximum atomic E-state index is 6.28. The number of methoxy groups -OCH3 is 1. The molecule has 0 aliphatic rings. The van der Waals surface area contributed by atoms with Crippen molar-refractivity contribution in [1.29, 1.82) is 0 Å². The number of hydrogen-bond acceptors (Lipinski definition) is 1. The standard InChI is InChI=1S/C15H11ClO/c1-17-11-7-6-10-8-15(16)13-5-3-2-4-12(13)14(10)9-11/h2-9H,1H3. The first kappa shape index (κ1) is 10.4. The average Bonchev–Trinajstić information content (AvgIpc) is 2.39. The third kappa shape index (κ3) is 1.63. The molecule has 0 atom stereocenters. The number of halogens is 1. The van der Waals surface area contributed by atoms with Crippen molar-refractivity contribution in [2.24, 2.45) is 0 Å². The minimum absolute atomic E-state index is 0.790. The molecule has 0 aromatic heterocycles. The summed E-state index contributed by atoms with van der Waals surface area (Å²) >= 11 is 6.28. The van der Waals surface area contributed by atoms with E-state index < -0.39 is 0 Å². The first-order chi connectivity index (χ1) is 8.29. The Labute approximate surface area is 105 Å². The Morgan fingerprint density at radius 2 is 1.65 bits per heavy atom. The maximum absolute atomic E-state index is 6.28. The molecule has 17 heavy (non-hydrogen) atoms. The van der Waals surface area contributed by atoms with Crippen LogP contribution in [0.1, 0.15) is 0 Å². The molecule has 0 saturated carbocycles. The molecule has 0 saturated heterocycles. The van der Waals surface area contributed by atoms with E-state index in [1.807, 2.05) is 42.5 Å². The van der Waals surface area contributed by atoms with E-state index in [1.54, 1.807) is 7.11 Å². The summed E-state index contributed by atoms with van der Waals surface area (Å²) < 4.78 is 5.27. The highest BCUT2D eigenvalue weighted by Gasteiger charge is 2.05. The Bertz CT molecular complexity index is 704. The summed E-state index contributed by atoms with van der Waals surface area (Å²) in [5, 5.41) is 5.33. The van der Waals surface area contributed by atoms with Gasteiger partial charge in [-0.1, -0.05) is 41.9 Å². The van der Waals surface area contributed by atoms with E-state index in [0.717, 1.165) is 26.9 Å². The summed E-state index contributed by atoms with van der Waals surface area (Å²) in [6.45, 7) is 0. The fourth-order valence-electron chi connectivity index (χ4n) is 2.16. The van der Waals surface area contributed by atoms with Crippen molar-refractivity contribution in [3.8, 4) is 5.75 Å². The first-order valence-corrected chi connectivity index (χ1v) is 5.82. The minimum Gasteiger partial charge on any atom is -0.497 e. The minimum atomic E-state index is 0.790. The van der Waals surface area contributed by atoms with Crippen molar-refractivity contribution in [1.82, 2.24) is 0 Å². The molecule has 2 heteroatoms. The van der Waals surface area contributed by atoms with Crippen LogP contribution in [0.15, 0.2) is 48.5 Å². The Morgan fingerprint density at radius 1 is 0.882 bits per heavy atom. The highest BCUT2D eigenvalue weighted by molar-refractivity contribution is 6.37. The van der Waals surface area contributed by atoms with Gasteiger partial charge in [-0.15, -0.1) is 0 Å². The zero-order valence-corrected chi connectivity index (χ0v) is 10.2. The summed E-state index contributed by atoms with van der Waals surface area (Å²) in [4.78, 5) is 0. The average molecular weight is 243 g/mol. The van der Waals surface area contributed by atoms with Crippen LogP contribution in [0, 0.1) is 0 Å². The predicted molar refractivity (Wildman–Crippen MR) is 73.0 cm³/mol. The molecule has 0 N–H and O–H groups in total. The lowest BCUT2D eigenvalue weighted by Crippen LogP contribution is -1.84. The number of benzene rings is 3. The van der Waals surface area contributed by atoms with Crippen LogP contribution in [0.3, 0.4) is 0 Å². The molecule has 3 aromatic carbocycles. The third-order valence-corrected chi connectivity index (χ3v) is 3.33. The Kier molecular flexibility index (Phi) is 2.41. The maximum Gasteiger partial charge on any atom is 0.119 e. The molecule has 0 radical (unpaired) electrons. The summed E-state index contributed by atoms with van der Waals surface area (Å²) in [5.41, 5.74) is 0. The van der Waals surface area contributed by atoms with Crippen LogP contribution >= 0.6 is 11.6 Å². The SMILES string of the molecule is COc1ccc2cc(Cl)c3ccccc3c2c1. The van der Waals surface area contributed by atoms with Gasteiger partial charge < -0.3 is 4.74 Å². The van der Waals surface area contributed by atoms with Crippen molar-refractivity contribution in [2.75, 3.05) is 7.11 Å². The molecule has 1 nitrogen and oxygen atoms in total. The predicted octanol–water partition coefficient (Wildman–Crippen LogP) is 4.66. The van der Waals surface area contributed by atoms with E-state index in [2.05, 4.69) is 6.07 Å². The van der Waals surface area contributed by atoms with Crippen LogP contribution in [0.5, 0.6) is 5.75 Å². The van der Waals surface area contributed by atoms with E-state index in [0.29, 0.717) is 0 Å². The van der Waals surface area contributed by atoms with Crippen molar-refractivity contribution in [2.45, 2.75) is 0 Å². The Morgan fingerprint density at radius 3 is 2.41 bits per heavy atom. The summed E-state index contributed by atoms with van der Waals surface area (Å²) in [6.07, 6.45) is 0. The lowest BCUT2D eigenvalue weighted by molar-refractivity contribution is 0.415. The second-order valence-electron chi connectivity index (χ2n) is 3.99. The van der Waals surface area contributed by atoms with Gasteiger partial charge in [-0.25, -0.2) is 0 Å². The van der Waals surface area contributed by atoms with Gasteiger partial charge in [-0.3, -0.25) is 0 Å². The summed E-state index contributed by atoms with van der Waals surface area (Å²) in [5.74, 6) is 0.866. The van der Waals surface area contributed by atoms with Gasteiger partial charge in [0.15, 0.2) is 0 Å².